The topological polar surface area (TPSA) is 9.23 Å². The van der Waals surface area contributed by atoms with Crippen LogP contribution in [0.15, 0.2) is 18.2 Å². The molecule has 1 nitrogen and oxygen atoms in total. The van der Waals surface area contributed by atoms with E-state index in [9.17, 15) is 0 Å². The molecule has 0 radical (unpaired) electrons. The number of ether oxygens (including phenoxy) is 1. The van der Waals surface area contributed by atoms with Crippen LogP contribution in [0.3, 0.4) is 0 Å². The van der Waals surface area contributed by atoms with Crippen molar-refractivity contribution in [3.63, 3.8) is 0 Å². The van der Waals surface area contributed by atoms with Gasteiger partial charge in [-0.1, -0.05) is 59.3 Å². The fourth-order valence-corrected chi connectivity index (χ4v) is 5.59. The second-order valence-electron chi connectivity index (χ2n) is 6.67. The third kappa shape index (κ3) is 3.42. The Balaban J connectivity index is 1.71. The van der Waals surface area contributed by atoms with Crippen molar-refractivity contribution >= 4 is 27.5 Å². The number of alkyl halides is 1. The summed E-state index contributed by atoms with van der Waals surface area (Å²) < 4.78 is 5.25. The van der Waals surface area contributed by atoms with E-state index >= 15 is 0 Å². The normalized spacial score (nSPS) is 30.5. The summed E-state index contributed by atoms with van der Waals surface area (Å²) in [6.07, 6.45) is 9.90. The highest BCUT2D eigenvalue weighted by atomic mass is 79.9. The van der Waals surface area contributed by atoms with Gasteiger partial charge < -0.3 is 4.74 Å². The van der Waals surface area contributed by atoms with Crippen molar-refractivity contribution in [2.75, 3.05) is 7.11 Å². The van der Waals surface area contributed by atoms with Crippen molar-refractivity contribution in [3.8, 4) is 5.75 Å². The number of hydrogen-bond acceptors (Lipinski definition) is 1. The maximum atomic E-state index is 6.45. The average molecular weight is 372 g/mol. The first-order valence-electron chi connectivity index (χ1n) is 8.16. The van der Waals surface area contributed by atoms with E-state index in [0.717, 1.165) is 28.5 Å². The summed E-state index contributed by atoms with van der Waals surface area (Å²) in [5, 5.41) is 0.821. The van der Waals surface area contributed by atoms with Crippen LogP contribution in [0, 0.1) is 17.8 Å². The summed E-state index contributed by atoms with van der Waals surface area (Å²) in [5.41, 5.74) is 1.22. The predicted molar refractivity (Wildman–Crippen MR) is 92.5 cm³/mol. The van der Waals surface area contributed by atoms with Gasteiger partial charge in [0.25, 0.3) is 0 Å². The molecule has 4 atom stereocenters. The summed E-state index contributed by atoms with van der Waals surface area (Å²) in [6.45, 7) is 0. The maximum absolute atomic E-state index is 6.45. The summed E-state index contributed by atoms with van der Waals surface area (Å²) in [5.74, 6) is 3.50. The molecule has 2 aliphatic carbocycles. The van der Waals surface area contributed by atoms with E-state index in [0.29, 0.717) is 4.83 Å². The largest absolute Gasteiger partial charge is 0.497 e. The lowest BCUT2D eigenvalue weighted by molar-refractivity contribution is 0.129. The molecule has 0 heterocycles. The molecule has 3 rings (SSSR count). The van der Waals surface area contributed by atoms with Crippen LogP contribution in [-0.4, -0.2) is 7.11 Å². The molecule has 0 spiro atoms. The Morgan fingerprint density at radius 3 is 2.62 bits per heavy atom. The number of halogens is 2. The van der Waals surface area contributed by atoms with Crippen LogP contribution in [0.2, 0.25) is 5.02 Å². The van der Waals surface area contributed by atoms with E-state index in [2.05, 4.69) is 22.0 Å². The van der Waals surface area contributed by atoms with Crippen LogP contribution in [0.1, 0.15) is 55.3 Å². The Morgan fingerprint density at radius 1 is 1.14 bits per heavy atom. The monoisotopic (exact) mass is 370 g/mol. The van der Waals surface area contributed by atoms with Gasteiger partial charge in [-0.05, 0) is 54.7 Å². The first kappa shape index (κ1) is 15.7. The van der Waals surface area contributed by atoms with Crippen molar-refractivity contribution in [3.05, 3.63) is 28.8 Å². The minimum Gasteiger partial charge on any atom is -0.497 e. The molecule has 3 heteroatoms. The van der Waals surface area contributed by atoms with Gasteiger partial charge >= 0.3 is 0 Å². The Labute approximate surface area is 141 Å². The number of hydrogen-bond donors (Lipinski definition) is 0. The fraction of sp³-hybridized carbons (Fsp3) is 0.667. The standard InChI is InChI=1S/C18H24BrClO/c1-21-15-8-9-16(17(20)11-15)18(19)14-7-6-12-4-2-3-5-13(12)10-14/h8-9,11-14,18H,2-7,10H2,1H3. The average Bonchev–Trinajstić information content (AvgIpc) is 2.53. The highest BCUT2D eigenvalue weighted by Crippen LogP contribution is 2.49. The van der Waals surface area contributed by atoms with E-state index in [1.165, 1.54) is 50.5 Å². The molecule has 2 fully saturated rings. The Hall–Kier alpha value is -0.210. The van der Waals surface area contributed by atoms with Gasteiger partial charge in [-0.3, -0.25) is 0 Å². The van der Waals surface area contributed by atoms with Gasteiger partial charge in [0.1, 0.15) is 5.75 Å². The van der Waals surface area contributed by atoms with Gasteiger partial charge in [0, 0.05) is 9.85 Å². The lowest BCUT2D eigenvalue weighted by atomic mass is 9.66. The van der Waals surface area contributed by atoms with E-state index in [-0.39, 0.29) is 0 Å². The second-order valence-corrected chi connectivity index (χ2v) is 8.06. The van der Waals surface area contributed by atoms with E-state index < -0.39 is 0 Å². The van der Waals surface area contributed by atoms with Crippen LogP contribution < -0.4 is 4.74 Å². The molecule has 21 heavy (non-hydrogen) atoms. The lowest BCUT2D eigenvalue weighted by Gasteiger charge is -2.41. The maximum Gasteiger partial charge on any atom is 0.120 e. The van der Waals surface area contributed by atoms with Gasteiger partial charge in [0.05, 0.1) is 7.11 Å². The fourth-order valence-electron chi connectivity index (χ4n) is 4.29. The molecule has 0 bridgehead atoms. The van der Waals surface area contributed by atoms with E-state index in [4.69, 9.17) is 16.3 Å². The number of rotatable bonds is 3. The zero-order valence-corrected chi connectivity index (χ0v) is 15.0. The molecule has 0 amide bonds. The molecule has 4 unspecified atom stereocenters. The minimum absolute atomic E-state index is 0.374. The summed E-state index contributed by atoms with van der Waals surface area (Å²) in [7, 11) is 1.68. The highest BCUT2D eigenvalue weighted by Gasteiger charge is 2.35. The molecule has 0 aliphatic heterocycles. The highest BCUT2D eigenvalue weighted by molar-refractivity contribution is 9.09. The zero-order chi connectivity index (χ0) is 14.8. The van der Waals surface area contributed by atoms with Gasteiger partial charge in [-0.2, -0.15) is 0 Å². The minimum atomic E-state index is 0.374. The first-order chi connectivity index (χ1) is 10.2. The van der Waals surface area contributed by atoms with Crippen molar-refractivity contribution in [2.24, 2.45) is 17.8 Å². The molecular formula is C18H24BrClO. The zero-order valence-electron chi connectivity index (χ0n) is 12.7. The van der Waals surface area contributed by atoms with E-state index in [1.807, 2.05) is 12.1 Å². The Morgan fingerprint density at radius 2 is 1.90 bits per heavy atom. The van der Waals surface area contributed by atoms with Gasteiger partial charge in [0.15, 0.2) is 0 Å². The SMILES string of the molecule is COc1ccc(C(Br)C2CCC3CCCCC3C2)c(Cl)c1. The molecule has 0 N–H and O–H groups in total. The van der Waals surface area contributed by atoms with Crippen molar-refractivity contribution in [2.45, 2.75) is 49.8 Å². The Kier molecular flexibility index (Phi) is 5.16. The van der Waals surface area contributed by atoms with Crippen LogP contribution in [0.5, 0.6) is 5.75 Å². The van der Waals surface area contributed by atoms with Crippen molar-refractivity contribution in [1.29, 1.82) is 0 Å². The molecule has 0 saturated heterocycles. The van der Waals surface area contributed by atoms with Crippen molar-refractivity contribution in [1.82, 2.24) is 0 Å². The van der Waals surface area contributed by atoms with Gasteiger partial charge in [-0.15, -0.1) is 0 Å². The van der Waals surface area contributed by atoms with Crippen LogP contribution in [0.4, 0.5) is 0 Å². The smallest absolute Gasteiger partial charge is 0.120 e. The first-order valence-corrected chi connectivity index (χ1v) is 9.46. The third-order valence-corrected chi connectivity index (χ3v) is 7.07. The summed E-state index contributed by atoms with van der Waals surface area (Å²) in [6, 6.07) is 6.06. The molecular weight excluding hydrogens is 348 g/mol. The third-order valence-electron chi connectivity index (χ3n) is 5.50. The van der Waals surface area contributed by atoms with Gasteiger partial charge in [-0.25, -0.2) is 0 Å². The molecule has 0 aromatic heterocycles. The molecule has 2 aliphatic rings. The molecule has 1 aromatic carbocycles. The number of methoxy groups -OCH3 is 1. The van der Waals surface area contributed by atoms with E-state index in [1.54, 1.807) is 7.11 Å². The van der Waals surface area contributed by atoms with Crippen molar-refractivity contribution < 1.29 is 4.74 Å². The lowest BCUT2D eigenvalue weighted by Crippen LogP contribution is -2.29. The number of fused-ring (bicyclic) bond motifs is 1. The second kappa shape index (κ2) is 6.91. The summed E-state index contributed by atoms with van der Waals surface area (Å²) in [4.78, 5) is 0.374. The van der Waals surface area contributed by atoms with Crippen LogP contribution in [-0.2, 0) is 0 Å². The molecule has 1 aromatic rings. The quantitative estimate of drug-likeness (QED) is 0.559. The van der Waals surface area contributed by atoms with Crippen LogP contribution >= 0.6 is 27.5 Å². The van der Waals surface area contributed by atoms with Gasteiger partial charge in [0.2, 0.25) is 0 Å². The van der Waals surface area contributed by atoms with Crippen LogP contribution in [0.25, 0.3) is 0 Å². The Bertz CT molecular complexity index is 490. The molecule has 2 saturated carbocycles. The number of benzene rings is 1. The molecule has 116 valence electrons. The predicted octanol–water partition coefficient (Wildman–Crippen LogP) is 6.39. The summed E-state index contributed by atoms with van der Waals surface area (Å²) >= 11 is 10.4.